The van der Waals surface area contributed by atoms with Crippen molar-refractivity contribution in [2.45, 2.75) is 25.8 Å². The number of hydrogen-bond acceptors (Lipinski definition) is 2. The molecule has 0 saturated heterocycles. The maximum atomic E-state index is 12.8. The van der Waals surface area contributed by atoms with Crippen molar-refractivity contribution in [1.29, 1.82) is 0 Å². The van der Waals surface area contributed by atoms with E-state index in [2.05, 4.69) is 18.0 Å². The van der Waals surface area contributed by atoms with Gasteiger partial charge in [-0.2, -0.15) is 0 Å². The number of aromatic nitrogens is 1. The Morgan fingerprint density at radius 3 is 2.77 bits per heavy atom. The van der Waals surface area contributed by atoms with Crippen LogP contribution in [0.4, 0.5) is 10.5 Å². The second-order valence-electron chi connectivity index (χ2n) is 5.86. The normalized spacial score (nSPS) is 16.5. The van der Waals surface area contributed by atoms with Crippen LogP contribution in [0.1, 0.15) is 18.1 Å². The summed E-state index contributed by atoms with van der Waals surface area (Å²) < 4.78 is 0. The lowest BCUT2D eigenvalue weighted by molar-refractivity contribution is 0.214. The fourth-order valence-corrected chi connectivity index (χ4v) is 2.98. The molecule has 114 valence electrons. The lowest BCUT2D eigenvalue weighted by Crippen LogP contribution is -2.44. The van der Waals surface area contributed by atoms with E-state index < -0.39 is 0 Å². The summed E-state index contributed by atoms with van der Waals surface area (Å²) in [5.74, 6) is 0. The molecule has 0 saturated carbocycles. The van der Waals surface area contributed by atoms with E-state index in [1.165, 1.54) is 11.1 Å². The predicted octanol–water partition coefficient (Wildman–Crippen LogP) is 3.13. The smallest absolute Gasteiger partial charge is 0.324 e. The van der Waals surface area contributed by atoms with Crippen molar-refractivity contribution in [3.63, 3.8) is 0 Å². The molecule has 1 aliphatic heterocycles. The molecule has 1 aromatic heterocycles. The average molecular weight is 295 g/mol. The molecule has 22 heavy (non-hydrogen) atoms. The summed E-state index contributed by atoms with van der Waals surface area (Å²) in [4.78, 5) is 20.5. The van der Waals surface area contributed by atoms with Gasteiger partial charge in [0.25, 0.3) is 0 Å². The van der Waals surface area contributed by atoms with Gasteiger partial charge in [0.2, 0.25) is 0 Å². The highest BCUT2D eigenvalue weighted by molar-refractivity contribution is 5.94. The number of hydrogen-bond donors (Lipinski definition) is 0. The van der Waals surface area contributed by atoms with E-state index in [1.807, 2.05) is 42.3 Å². The molecular formula is C18H21N3O. The zero-order chi connectivity index (χ0) is 15.5. The van der Waals surface area contributed by atoms with Crippen LogP contribution >= 0.6 is 0 Å². The van der Waals surface area contributed by atoms with Crippen molar-refractivity contribution < 1.29 is 4.79 Å². The number of urea groups is 1. The number of carbonyl (C=O) groups is 1. The van der Waals surface area contributed by atoms with E-state index in [0.717, 1.165) is 18.5 Å². The number of amides is 2. The third-order valence-electron chi connectivity index (χ3n) is 4.23. The Bertz CT molecular complexity index is 656. The lowest BCUT2D eigenvalue weighted by Gasteiger charge is -2.28. The van der Waals surface area contributed by atoms with Crippen LogP contribution in [0, 0.1) is 0 Å². The van der Waals surface area contributed by atoms with Crippen molar-refractivity contribution >= 4 is 11.7 Å². The summed E-state index contributed by atoms with van der Waals surface area (Å²) in [6.07, 6.45) is 5.35. The molecule has 0 spiro atoms. The molecule has 0 aliphatic carbocycles. The zero-order valence-electron chi connectivity index (χ0n) is 13.1. The largest absolute Gasteiger partial charge is 0.327 e. The summed E-state index contributed by atoms with van der Waals surface area (Å²) >= 11 is 0. The standard InChI is InChI=1S/C18H21N3O/c1-14-13-16-5-3-4-6-17(16)21(14)18(22)20(2)12-9-15-7-10-19-11-8-15/h3-8,10-11,14H,9,12-13H2,1-2H3. The third kappa shape index (κ3) is 2.82. The van der Waals surface area contributed by atoms with Crippen molar-refractivity contribution in [3.8, 4) is 0 Å². The first-order valence-electron chi connectivity index (χ1n) is 7.68. The second kappa shape index (κ2) is 6.18. The Balaban J connectivity index is 1.68. The first-order valence-corrected chi connectivity index (χ1v) is 7.68. The minimum atomic E-state index is 0.0755. The maximum absolute atomic E-state index is 12.8. The van der Waals surface area contributed by atoms with Crippen LogP contribution < -0.4 is 4.90 Å². The number of carbonyl (C=O) groups excluding carboxylic acids is 1. The van der Waals surface area contributed by atoms with E-state index in [0.29, 0.717) is 6.54 Å². The van der Waals surface area contributed by atoms with Crippen LogP contribution in [-0.2, 0) is 12.8 Å². The molecule has 0 N–H and O–H groups in total. The molecule has 4 nitrogen and oxygen atoms in total. The Hall–Kier alpha value is -2.36. The van der Waals surface area contributed by atoms with Crippen LogP contribution in [0.2, 0.25) is 0 Å². The molecule has 0 radical (unpaired) electrons. The van der Waals surface area contributed by atoms with Crippen molar-refractivity contribution in [2.75, 3.05) is 18.5 Å². The lowest BCUT2D eigenvalue weighted by atomic mass is 10.1. The number of pyridine rings is 1. The molecule has 2 heterocycles. The zero-order valence-corrected chi connectivity index (χ0v) is 13.1. The highest BCUT2D eigenvalue weighted by Crippen LogP contribution is 2.32. The summed E-state index contributed by atoms with van der Waals surface area (Å²) in [6, 6.07) is 12.4. The summed E-state index contributed by atoms with van der Waals surface area (Å²) in [5, 5.41) is 0. The van der Waals surface area contributed by atoms with Gasteiger partial charge < -0.3 is 4.90 Å². The van der Waals surface area contributed by atoms with Crippen molar-refractivity contribution in [2.24, 2.45) is 0 Å². The maximum Gasteiger partial charge on any atom is 0.324 e. The van der Waals surface area contributed by atoms with Crippen LogP contribution in [0.5, 0.6) is 0 Å². The van der Waals surface area contributed by atoms with Crippen LogP contribution in [-0.4, -0.2) is 35.5 Å². The number of nitrogens with zero attached hydrogens (tertiary/aromatic N) is 3. The second-order valence-corrected chi connectivity index (χ2v) is 5.86. The predicted molar refractivity (Wildman–Crippen MR) is 88.1 cm³/mol. The third-order valence-corrected chi connectivity index (χ3v) is 4.23. The summed E-state index contributed by atoms with van der Waals surface area (Å²) in [5.41, 5.74) is 3.51. The van der Waals surface area contributed by atoms with Gasteiger partial charge in [0.05, 0.1) is 0 Å². The molecule has 0 fully saturated rings. The van der Waals surface area contributed by atoms with Gasteiger partial charge >= 0.3 is 6.03 Å². The highest BCUT2D eigenvalue weighted by atomic mass is 16.2. The first-order chi connectivity index (χ1) is 10.7. The molecule has 0 bridgehead atoms. The van der Waals surface area contributed by atoms with Gasteiger partial charge in [-0.15, -0.1) is 0 Å². The Morgan fingerprint density at radius 2 is 2.00 bits per heavy atom. The monoisotopic (exact) mass is 295 g/mol. The first kappa shape index (κ1) is 14.6. The van der Waals surface area contributed by atoms with E-state index in [1.54, 1.807) is 17.3 Å². The summed E-state index contributed by atoms with van der Waals surface area (Å²) in [7, 11) is 1.87. The molecule has 4 heteroatoms. The van der Waals surface area contributed by atoms with Gasteiger partial charge in [-0.25, -0.2) is 4.79 Å². The Kier molecular flexibility index (Phi) is 4.09. The molecule has 2 aromatic rings. The number of benzene rings is 1. The highest BCUT2D eigenvalue weighted by Gasteiger charge is 2.32. The average Bonchev–Trinajstić information content (AvgIpc) is 2.88. The molecule has 1 unspecified atom stereocenters. The van der Waals surface area contributed by atoms with Gasteiger partial charge in [0, 0.05) is 37.7 Å². The number of fused-ring (bicyclic) bond motifs is 1. The fourth-order valence-electron chi connectivity index (χ4n) is 2.98. The number of anilines is 1. The van der Waals surface area contributed by atoms with Crippen molar-refractivity contribution in [3.05, 3.63) is 59.9 Å². The molecule has 1 aliphatic rings. The van der Waals surface area contributed by atoms with E-state index in [9.17, 15) is 4.79 Å². The van der Waals surface area contributed by atoms with Crippen LogP contribution in [0.3, 0.4) is 0 Å². The minimum Gasteiger partial charge on any atom is -0.327 e. The van der Waals surface area contributed by atoms with Crippen LogP contribution in [0.25, 0.3) is 0 Å². The summed E-state index contributed by atoms with van der Waals surface area (Å²) in [6.45, 7) is 2.81. The van der Waals surface area contributed by atoms with Gasteiger partial charge in [-0.05, 0) is 49.1 Å². The van der Waals surface area contributed by atoms with E-state index >= 15 is 0 Å². The topological polar surface area (TPSA) is 36.4 Å². The Morgan fingerprint density at radius 1 is 1.27 bits per heavy atom. The quantitative estimate of drug-likeness (QED) is 0.872. The fraction of sp³-hybridized carbons (Fsp3) is 0.333. The molecule has 2 amide bonds. The van der Waals surface area contributed by atoms with E-state index in [4.69, 9.17) is 0 Å². The van der Waals surface area contributed by atoms with Crippen molar-refractivity contribution in [1.82, 2.24) is 9.88 Å². The molecular weight excluding hydrogens is 274 g/mol. The number of para-hydroxylation sites is 1. The Labute approximate surface area is 131 Å². The molecule has 1 aromatic carbocycles. The minimum absolute atomic E-state index is 0.0755. The van der Waals surface area contributed by atoms with E-state index in [-0.39, 0.29) is 12.1 Å². The number of likely N-dealkylation sites (N-methyl/N-ethyl adjacent to an activating group) is 1. The van der Waals surface area contributed by atoms with Gasteiger partial charge in [0.1, 0.15) is 0 Å². The van der Waals surface area contributed by atoms with Crippen LogP contribution in [0.15, 0.2) is 48.8 Å². The van der Waals surface area contributed by atoms with Gasteiger partial charge in [-0.3, -0.25) is 9.88 Å². The molecule has 1 atom stereocenters. The van der Waals surface area contributed by atoms with Gasteiger partial charge in [0.15, 0.2) is 0 Å². The number of rotatable bonds is 3. The van der Waals surface area contributed by atoms with Gasteiger partial charge in [-0.1, -0.05) is 18.2 Å². The SMILES string of the molecule is CC1Cc2ccccc2N1C(=O)N(C)CCc1ccncc1. The molecule has 3 rings (SSSR count).